The van der Waals surface area contributed by atoms with Crippen molar-refractivity contribution >= 4 is 69.4 Å². The van der Waals surface area contributed by atoms with E-state index in [2.05, 4.69) is 31.5 Å². The molecule has 0 saturated carbocycles. The number of piperidine rings is 2. The second kappa shape index (κ2) is 22.2. The molecule has 2 atom stereocenters. The number of anilines is 2. The van der Waals surface area contributed by atoms with Gasteiger partial charge in [0.05, 0.1) is 33.0 Å². The van der Waals surface area contributed by atoms with Crippen LogP contribution in [-0.2, 0) is 46.5 Å². The second-order valence-electron chi connectivity index (χ2n) is 17.4. The van der Waals surface area contributed by atoms with Gasteiger partial charge in [-0.05, 0) is 60.2 Å². The van der Waals surface area contributed by atoms with Crippen LogP contribution in [0, 0.1) is 0 Å². The fourth-order valence-electron chi connectivity index (χ4n) is 9.70. The van der Waals surface area contributed by atoms with Crippen LogP contribution in [0.4, 0.5) is 10.8 Å². The maximum atomic E-state index is 14.0. The minimum atomic E-state index is -0.798. The van der Waals surface area contributed by atoms with Crippen LogP contribution in [0.2, 0.25) is 0 Å². The number of aromatic nitrogens is 1. The summed E-state index contributed by atoms with van der Waals surface area (Å²) in [5.41, 5.74) is 4.80. The van der Waals surface area contributed by atoms with Crippen LogP contribution in [0.5, 0.6) is 0 Å². The van der Waals surface area contributed by atoms with Crippen molar-refractivity contribution in [3.05, 3.63) is 106 Å². The van der Waals surface area contributed by atoms with Crippen LogP contribution in [0.15, 0.2) is 83.2 Å². The molecular weight excluding hydrogens is 909 g/mol. The molecule has 17 nitrogen and oxygen atoms in total. The van der Waals surface area contributed by atoms with Crippen molar-refractivity contribution in [1.29, 1.82) is 0 Å². The predicted molar refractivity (Wildman–Crippen MR) is 255 cm³/mol. The molecule has 2 unspecified atom stereocenters. The largest absolute Gasteiger partial charge is 0.378 e. The van der Waals surface area contributed by atoms with Crippen molar-refractivity contribution in [2.45, 2.75) is 61.8 Å². The summed E-state index contributed by atoms with van der Waals surface area (Å²) in [5.74, 6) is -0.695. The van der Waals surface area contributed by atoms with E-state index in [9.17, 15) is 28.8 Å². The molecule has 3 fully saturated rings. The zero-order valence-corrected chi connectivity index (χ0v) is 39.5. The van der Waals surface area contributed by atoms with E-state index in [0.717, 1.165) is 66.3 Å². The topological polar surface area (TPSA) is 183 Å². The number of ether oxygens (including phenoxy) is 3. The monoisotopic (exact) mass is 964 g/mol. The first-order valence-corrected chi connectivity index (χ1v) is 25.2. The predicted octanol–water partition coefficient (Wildman–Crippen LogP) is 4.20. The van der Waals surface area contributed by atoms with Gasteiger partial charge in [-0.25, -0.2) is 4.98 Å². The molecular formula is C49H56N8O9S2. The highest BCUT2D eigenvalue weighted by molar-refractivity contribution is 7.99. The Balaban J connectivity index is 0.629. The molecule has 3 saturated heterocycles. The van der Waals surface area contributed by atoms with E-state index in [0.29, 0.717) is 93.7 Å². The molecule has 358 valence electrons. The summed E-state index contributed by atoms with van der Waals surface area (Å²) in [7, 11) is 0. The Bertz CT molecular complexity index is 2460. The Kier molecular flexibility index (Phi) is 15.4. The van der Waals surface area contributed by atoms with Crippen molar-refractivity contribution < 1.29 is 43.0 Å². The number of thiazole rings is 1. The maximum absolute atomic E-state index is 14.0. The van der Waals surface area contributed by atoms with Gasteiger partial charge in [-0.2, -0.15) is 0 Å². The third kappa shape index (κ3) is 10.9. The molecule has 5 aliphatic heterocycles. The van der Waals surface area contributed by atoms with E-state index in [1.54, 1.807) is 39.2 Å². The molecule has 0 spiro atoms. The molecule has 3 aromatic carbocycles. The minimum Gasteiger partial charge on any atom is -0.378 e. The van der Waals surface area contributed by atoms with E-state index < -0.39 is 18.0 Å². The lowest BCUT2D eigenvalue weighted by atomic mass is 10.0. The molecule has 4 aromatic rings. The maximum Gasteiger partial charge on any atom is 0.255 e. The summed E-state index contributed by atoms with van der Waals surface area (Å²) in [6.45, 7) is 7.36. The summed E-state index contributed by atoms with van der Waals surface area (Å²) in [6.07, 6.45) is 4.16. The Morgan fingerprint density at radius 1 is 0.809 bits per heavy atom. The van der Waals surface area contributed by atoms with E-state index in [-0.39, 0.29) is 42.6 Å². The van der Waals surface area contributed by atoms with Crippen LogP contribution in [0.25, 0.3) is 0 Å². The number of amides is 6. The third-order valence-electron chi connectivity index (χ3n) is 13.3. The number of carbonyl (C=O) groups excluding carboxylic acids is 6. The normalized spacial score (nSPS) is 19.3. The van der Waals surface area contributed by atoms with Gasteiger partial charge in [-0.3, -0.25) is 44.3 Å². The summed E-state index contributed by atoms with van der Waals surface area (Å²) in [5, 5.41) is 7.53. The second-order valence-corrected chi connectivity index (χ2v) is 19.4. The summed E-state index contributed by atoms with van der Waals surface area (Å²) in [6, 6.07) is 20.1. The Morgan fingerprint density at radius 3 is 2.32 bits per heavy atom. The number of piperazine rings is 1. The quantitative estimate of drug-likeness (QED) is 0.0776. The first-order chi connectivity index (χ1) is 33.2. The van der Waals surface area contributed by atoms with E-state index in [1.165, 1.54) is 11.3 Å². The molecule has 68 heavy (non-hydrogen) atoms. The highest BCUT2D eigenvalue weighted by Gasteiger charge is 2.41. The van der Waals surface area contributed by atoms with Gasteiger partial charge in [0.2, 0.25) is 17.7 Å². The Morgan fingerprint density at radius 2 is 1.57 bits per heavy atom. The molecule has 6 amide bonds. The van der Waals surface area contributed by atoms with Gasteiger partial charge in [0, 0.05) is 104 Å². The highest BCUT2D eigenvalue weighted by atomic mass is 32.2. The van der Waals surface area contributed by atoms with Gasteiger partial charge in [-0.1, -0.05) is 42.5 Å². The molecule has 0 bridgehead atoms. The number of hydrogen-bond donors (Lipinski definition) is 2. The van der Waals surface area contributed by atoms with Crippen molar-refractivity contribution in [1.82, 2.24) is 29.9 Å². The standard InChI is InChI=1S/C49H56N8O9S2/c58-42-12-11-40(45(60)51-42)56-31-39-37(47(56)62)7-4-8-41(39)67-28-26-65-23-22-64-24-25-66-32-43(59)55-20-18-54(19-21-55)35-13-16-53(17-14-35)36-10-9-34-30-57(48(63)38(34)29-36)44(33-5-2-1-3-6-33)46(61)52-49-50-15-27-68-49/h1-10,15,27,29,35,40,44H,11-14,16-26,28,30-32H2,(H,50,52,61)(H,51,58,60). The number of nitrogens with zero attached hydrogens (tertiary/aromatic N) is 6. The fraction of sp³-hybridized carbons (Fsp3) is 0.449. The lowest BCUT2D eigenvalue weighted by Crippen LogP contribution is -2.54. The van der Waals surface area contributed by atoms with Gasteiger partial charge < -0.3 is 33.8 Å². The van der Waals surface area contributed by atoms with Gasteiger partial charge in [-0.15, -0.1) is 23.1 Å². The van der Waals surface area contributed by atoms with Gasteiger partial charge in [0.15, 0.2) is 5.13 Å². The summed E-state index contributed by atoms with van der Waals surface area (Å²) < 4.78 is 17.1. The number of benzene rings is 3. The van der Waals surface area contributed by atoms with E-state index >= 15 is 0 Å². The van der Waals surface area contributed by atoms with Crippen LogP contribution in [0.1, 0.15) is 69.1 Å². The lowest BCUT2D eigenvalue weighted by molar-refractivity contribution is -0.139. The number of thioether (sulfide) groups is 1. The van der Waals surface area contributed by atoms with Crippen LogP contribution < -0.4 is 15.5 Å². The molecule has 0 aliphatic carbocycles. The third-order valence-corrected chi connectivity index (χ3v) is 15.0. The van der Waals surface area contributed by atoms with Crippen molar-refractivity contribution in [3.8, 4) is 0 Å². The molecule has 2 N–H and O–H groups in total. The number of fused-ring (bicyclic) bond motifs is 2. The molecule has 19 heteroatoms. The fourth-order valence-corrected chi connectivity index (χ4v) is 11.2. The van der Waals surface area contributed by atoms with Crippen LogP contribution in [0.3, 0.4) is 0 Å². The lowest BCUT2D eigenvalue weighted by Gasteiger charge is -2.43. The van der Waals surface area contributed by atoms with Crippen LogP contribution in [-0.4, -0.2) is 157 Å². The number of carbonyl (C=O) groups is 6. The first kappa shape index (κ1) is 47.4. The first-order valence-electron chi connectivity index (χ1n) is 23.3. The summed E-state index contributed by atoms with van der Waals surface area (Å²) in [4.78, 5) is 92.8. The molecule has 6 heterocycles. The zero-order valence-electron chi connectivity index (χ0n) is 37.8. The average molecular weight is 965 g/mol. The van der Waals surface area contributed by atoms with Crippen molar-refractivity contribution in [3.63, 3.8) is 0 Å². The minimum absolute atomic E-state index is 0.0163. The van der Waals surface area contributed by atoms with E-state index in [1.807, 2.05) is 59.5 Å². The van der Waals surface area contributed by atoms with Crippen molar-refractivity contribution in [2.75, 3.05) is 94.9 Å². The van der Waals surface area contributed by atoms with Crippen LogP contribution >= 0.6 is 23.1 Å². The highest BCUT2D eigenvalue weighted by Crippen LogP contribution is 2.37. The SMILES string of the molecule is O=C1CCC(N2Cc3c(SCCOCCOCCOCC(=O)N4CCN(C5CCN(c6ccc7c(c6)C(=O)N(C(C(=O)Nc6nccs6)c6ccccc6)C7)CC5)CC4)cccc3C2=O)C(=O)N1. The molecule has 0 radical (unpaired) electrons. The average Bonchev–Trinajstić information content (AvgIpc) is 4.09. The van der Waals surface area contributed by atoms with Gasteiger partial charge in [0.25, 0.3) is 17.7 Å². The summed E-state index contributed by atoms with van der Waals surface area (Å²) >= 11 is 2.94. The number of rotatable bonds is 19. The number of imide groups is 1. The van der Waals surface area contributed by atoms with Crippen molar-refractivity contribution in [2.24, 2.45) is 0 Å². The Labute approximate surface area is 403 Å². The van der Waals surface area contributed by atoms with E-state index in [4.69, 9.17) is 14.2 Å². The van der Waals surface area contributed by atoms with Gasteiger partial charge >= 0.3 is 0 Å². The number of nitrogens with one attached hydrogen (secondary N) is 2. The zero-order chi connectivity index (χ0) is 47.0. The van der Waals surface area contributed by atoms with Gasteiger partial charge in [0.1, 0.15) is 18.7 Å². The Hall–Kier alpha value is -5.70. The smallest absolute Gasteiger partial charge is 0.255 e. The molecule has 9 rings (SSSR count). The molecule has 5 aliphatic rings. The molecule has 1 aromatic heterocycles. The number of hydrogen-bond acceptors (Lipinski definition) is 14.